The van der Waals surface area contributed by atoms with Crippen LogP contribution in [0.3, 0.4) is 0 Å². The van der Waals surface area contributed by atoms with Gasteiger partial charge in [0.15, 0.2) is 0 Å². The van der Waals surface area contributed by atoms with Gasteiger partial charge in [0.2, 0.25) is 5.91 Å². The molecule has 0 radical (unpaired) electrons. The van der Waals surface area contributed by atoms with Crippen LogP contribution in [0.5, 0.6) is 0 Å². The Morgan fingerprint density at radius 2 is 2.04 bits per heavy atom. The van der Waals surface area contributed by atoms with E-state index >= 15 is 0 Å². The predicted molar refractivity (Wildman–Crippen MR) is 107 cm³/mol. The van der Waals surface area contributed by atoms with E-state index in [0.717, 1.165) is 34.2 Å². The number of aryl methyl sites for hydroxylation is 1. The number of benzene rings is 2. The first-order chi connectivity index (χ1) is 13.6. The summed E-state index contributed by atoms with van der Waals surface area (Å²) in [5, 5.41) is 8.17. The fraction of sp³-hybridized carbons (Fsp3) is 0.227. The highest BCUT2D eigenvalue weighted by Crippen LogP contribution is 2.23. The third-order valence-electron chi connectivity index (χ3n) is 4.93. The minimum Gasteiger partial charge on any atom is -0.464 e. The van der Waals surface area contributed by atoms with E-state index in [9.17, 15) is 4.79 Å². The lowest BCUT2D eigenvalue weighted by Crippen LogP contribution is -2.28. The van der Waals surface area contributed by atoms with Crippen molar-refractivity contribution in [1.82, 2.24) is 20.1 Å². The van der Waals surface area contributed by atoms with E-state index in [4.69, 9.17) is 4.42 Å². The monoisotopic (exact) mass is 374 g/mol. The zero-order valence-corrected chi connectivity index (χ0v) is 15.9. The number of fused-ring (bicyclic) bond motifs is 1. The zero-order valence-electron chi connectivity index (χ0n) is 15.9. The van der Waals surface area contributed by atoms with Crippen LogP contribution in [0.25, 0.3) is 16.7 Å². The van der Waals surface area contributed by atoms with E-state index in [1.807, 2.05) is 43.3 Å². The molecule has 1 unspecified atom stereocenters. The maximum Gasteiger partial charge on any atom is 0.225 e. The largest absolute Gasteiger partial charge is 0.464 e. The first kappa shape index (κ1) is 18.0. The van der Waals surface area contributed by atoms with Crippen molar-refractivity contribution in [3.05, 3.63) is 78.1 Å². The van der Waals surface area contributed by atoms with Crippen LogP contribution in [0.1, 0.15) is 36.6 Å². The number of furan rings is 1. The lowest BCUT2D eigenvalue weighted by atomic mass is 10.1. The Bertz CT molecular complexity index is 1080. The van der Waals surface area contributed by atoms with E-state index in [1.165, 1.54) is 11.9 Å². The van der Waals surface area contributed by atoms with Crippen LogP contribution >= 0.6 is 0 Å². The molecule has 6 heteroatoms. The normalized spacial score (nSPS) is 12.2. The number of amides is 1. The number of carbonyl (C=O) groups is 1. The molecule has 0 aliphatic rings. The average molecular weight is 374 g/mol. The SMILES string of the molecule is CCc1ccc2c(CC(=O)NC(C)c3ccc(-n4cncn4)cc3)coc2c1. The minimum absolute atomic E-state index is 0.0323. The molecule has 1 amide bonds. The number of hydrogen-bond donors (Lipinski definition) is 1. The molecule has 0 saturated carbocycles. The quantitative estimate of drug-likeness (QED) is 0.554. The van der Waals surface area contributed by atoms with Gasteiger partial charge in [-0.2, -0.15) is 5.10 Å². The maximum atomic E-state index is 12.5. The molecule has 6 nitrogen and oxygen atoms in total. The van der Waals surface area contributed by atoms with Gasteiger partial charge in [0, 0.05) is 10.9 Å². The molecule has 1 N–H and O–H groups in total. The maximum absolute atomic E-state index is 12.5. The second-order valence-corrected chi connectivity index (χ2v) is 6.84. The predicted octanol–water partition coefficient (Wildman–Crippen LogP) is 4.00. The van der Waals surface area contributed by atoms with E-state index < -0.39 is 0 Å². The Kier molecular flexibility index (Phi) is 4.93. The molecule has 28 heavy (non-hydrogen) atoms. The molecular weight excluding hydrogens is 352 g/mol. The Hall–Kier alpha value is -3.41. The Labute approximate surface area is 163 Å². The van der Waals surface area contributed by atoms with Crippen LogP contribution in [0.15, 0.2) is 65.8 Å². The van der Waals surface area contributed by atoms with Crippen LogP contribution in [0, 0.1) is 0 Å². The molecule has 142 valence electrons. The van der Waals surface area contributed by atoms with Gasteiger partial charge in [-0.05, 0) is 42.7 Å². The number of carbonyl (C=O) groups excluding carboxylic acids is 1. The van der Waals surface area contributed by atoms with Crippen molar-refractivity contribution < 1.29 is 9.21 Å². The fourth-order valence-electron chi connectivity index (χ4n) is 3.29. The summed E-state index contributed by atoms with van der Waals surface area (Å²) >= 11 is 0. The highest BCUT2D eigenvalue weighted by atomic mass is 16.3. The first-order valence-electron chi connectivity index (χ1n) is 9.37. The fourth-order valence-corrected chi connectivity index (χ4v) is 3.29. The van der Waals surface area contributed by atoms with Gasteiger partial charge in [0.25, 0.3) is 0 Å². The highest BCUT2D eigenvalue weighted by molar-refractivity contribution is 5.88. The zero-order chi connectivity index (χ0) is 19.5. The summed E-state index contributed by atoms with van der Waals surface area (Å²) in [5.74, 6) is -0.0323. The second-order valence-electron chi connectivity index (χ2n) is 6.84. The molecule has 0 aliphatic heterocycles. The number of nitrogens with zero attached hydrogens (tertiary/aromatic N) is 3. The Balaban J connectivity index is 1.42. The van der Waals surface area contributed by atoms with E-state index in [2.05, 4.69) is 28.4 Å². The van der Waals surface area contributed by atoms with Gasteiger partial charge < -0.3 is 9.73 Å². The molecule has 4 rings (SSSR count). The average Bonchev–Trinajstić information content (AvgIpc) is 3.38. The molecule has 2 aromatic carbocycles. The molecule has 0 fully saturated rings. The van der Waals surface area contributed by atoms with Gasteiger partial charge in [-0.3, -0.25) is 4.79 Å². The topological polar surface area (TPSA) is 73.0 Å². The number of hydrogen-bond acceptors (Lipinski definition) is 4. The van der Waals surface area contributed by atoms with Gasteiger partial charge >= 0.3 is 0 Å². The molecule has 2 aromatic heterocycles. The Morgan fingerprint density at radius 1 is 1.21 bits per heavy atom. The van der Waals surface area contributed by atoms with E-state index in [-0.39, 0.29) is 11.9 Å². The second kappa shape index (κ2) is 7.68. The van der Waals surface area contributed by atoms with Crippen molar-refractivity contribution in [3.63, 3.8) is 0 Å². The van der Waals surface area contributed by atoms with Gasteiger partial charge in [0.1, 0.15) is 18.2 Å². The van der Waals surface area contributed by atoms with Crippen LogP contribution in [0.4, 0.5) is 0 Å². The van der Waals surface area contributed by atoms with Crippen molar-refractivity contribution in [2.24, 2.45) is 0 Å². The summed E-state index contributed by atoms with van der Waals surface area (Å²) in [7, 11) is 0. The summed E-state index contributed by atoms with van der Waals surface area (Å²) in [5.41, 5.74) is 4.92. The minimum atomic E-state index is -0.0952. The number of nitrogens with one attached hydrogen (secondary N) is 1. The molecule has 2 heterocycles. The highest BCUT2D eigenvalue weighted by Gasteiger charge is 2.14. The van der Waals surface area contributed by atoms with E-state index in [1.54, 1.807) is 17.3 Å². The summed E-state index contributed by atoms with van der Waals surface area (Å²) < 4.78 is 7.33. The summed E-state index contributed by atoms with van der Waals surface area (Å²) in [6.45, 7) is 4.09. The lowest BCUT2D eigenvalue weighted by molar-refractivity contribution is -0.121. The van der Waals surface area contributed by atoms with Crippen LogP contribution in [-0.2, 0) is 17.6 Å². The van der Waals surface area contributed by atoms with Crippen molar-refractivity contribution >= 4 is 16.9 Å². The first-order valence-corrected chi connectivity index (χ1v) is 9.37. The smallest absolute Gasteiger partial charge is 0.225 e. The molecule has 0 saturated heterocycles. The summed E-state index contributed by atoms with van der Waals surface area (Å²) in [4.78, 5) is 16.5. The molecular formula is C22H22N4O2. The van der Waals surface area contributed by atoms with Gasteiger partial charge in [-0.15, -0.1) is 0 Å². The number of aromatic nitrogens is 3. The Morgan fingerprint density at radius 3 is 2.75 bits per heavy atom. The van der Waals surface area contributed by atoms with Gasteiger partial charge in [-0.25, -0.2) is 9.67 Å². The summed E-state index contributed by atoms with van der Waals surface area (Å²) in [6, 6.07) is 14.0. The van der Waals surface area contributed by atoms with E-state index in [0.29, 0.717) is 6.42 Å². The molecule has 0 aliphatic carbocycles. The lowest BCUT2D eigenvalue weighted by Gasteiger charge is -2.14. The van der Waals surface area contributed by atoms with Crippen molar-refractivity contribution in [2.75, 3.05) is 0 Å². The van der Waals surface area contributed by atoms with Gasteiger partial charge in [0.05, 0.1) is 24.4 Å². The van der Waals surface area contributed by atoms with Crippen LogP contribution < -0.4 is 5.32 Å². The third kappa shape index (κ3) is 3.67. The van der Waals surface area contributed by atoms with Crippen LogP contribution in [0.2, 0.25) is 0 Å². The van der Waals surface area contributed by atoms with Crippen molar-refractivity contribution in [1.29, 1.82) is 0 Å². The van der Waals surface area contributed by atoms with Gasteiger partial charge in [-0.1, -0.05) is 31.2 Å². The molecule has 0 spiro atoms. The third-order valence-corrected chi connectivity index (χ3v) is 4.93. The molecule has 1 atom stereocenters. The van der Waals surface area contributed by atoms with Crippen molar-refractivity contribution in [2.45, 2.75) is 32.7 Å². The standard InChI is InChI=1S/C22H22N4O2/c1-3-16-4-9-20-18(12-28-21(20)10-16)11-22(27)25-15(2)17-5-7-19(8-6-17)26-14-23-13-24-26/h4-10,12-15H,3,11H2,1-2H3,(H,25,27). The number of rotatable bonds is 6. The van der Waals surface area contributed by atoms with Crippen molar-refractivity contribution in [3.8, 4) is 5.69 Å². The molecule has 4 aromatic rings. The molecule has 0 bridgehead atoms. The van der Waals surface area contributed by atoms with Crippen LogP contribution in [-0.4, -0.2) is 20.7 Å². The summed E-state index contributed by atoms with van der Waals surface area (Å²) in [6.07, 6.45) is 6.08.